The van der Waals surface area contributed by atoms with Crippen LogP contribution in [0.25, 0.3) is 0 Å². The van der Waals surface area contributed by atoms with Crippen molar-refractivity contribution in [1.29, 1.82) is 0 Å². The Bertz CT molecular complexity index is 153. The number of rotatable bonds is 1. The average molecular weight is 211 g/mol. The zero-order chi connectivity index (χ0) is 11.1. The van der Waals surface area contributed by atoms with Crippen LogP contribution in [0, 0.1) is 5.92 Å². The van der Waals surface area contributed by atoms with E-state index in [1.165, 1.54) is 57.9 Å². The van der Waals surface area contributed by atoms with Gasteiger partial charge in [-0.3, -0.25) is 0 Å². The van der Waals surface area contributed by atoms with Crippen LogP contribution in [-0.2, 0) is 0 Å². The number of nitrogens with one attached hydrogen (secondary N) is 1. The molecule has 0 amide bonds. The molecule has 90 valence electrons. The maximum atomic E-state index is 3.80. The fourth-order valence-corrected chi connectivity index (χ4v) is 3.25. The van der Waals surface area contributed by atoms with Crippen molar-refractivity contribution in [2.45, 2.75) is 77.7 Å². The van der Waals surface area contributed by atoms with Crippen molar-refractivity contribution < 1.29 is 0 Å². The first-order valence-electron chi connectivity index (χ1n) is 7.10. The zero-order valence-corrected chi connectivity index (χ0v) is 10.9. The molecule has 1 heterocycles. The van der Waals surface area contributed by atoms with Gasteiger partial charge in [-0.25, -0.2) is 0 Å². The molecule has 1 N–H and O–H groups in total. The van der Waals surface area contributed by atoms with Crippen molar-refractivity contribution in [3.8, 4) is 0 Å². The number of hydrogen-bond acceptors (Lipinski definition) is 1. The Morgan fingerprint density at radius 1 is 1.13 bits per heavy atom. The molecule has 0 bridgehead atoms. The van der Waals surface area contributed by atoms with Crippen molar-refractivity contribution in [1.82, 2.24) is 5.32 Å². The molecular weight excluding hydrogens is 182 g/mol. The van der Waals surface area contributed by atoms with Gasteiger partial charge in [-0.15, -0.1) is 0 Å². The highest BCUT2D eigenvalue weighted by molar-refractivity contribution is 4.95. The lowest BCUT2D eigenvalue weighted by atomic mass is 9.71. The predicted molar refractivity (Wildman–Crippen MR) is 68.2 cm³/mol. The molecule has 0 radical (unpaired) electrons. The van der Waals surface area contributed by atoms with Crippen LogP contribution in [0.2, 0.25) is 0 Å². The van der Waals surface area contributed by atoms with Crippen LogP contribution in [0.15, 0.2) is 0 Å². The molecule has 1 heteroatoms. The van der Waals surface area contributed by atoms with Crippen LogP contribution in [-0.4, -0.2) is 12.1 Å². The summed E-state index contributed by atoms with van der Waals surface area (Å²) in [4.78, 5) is 0. The highest BCUT2D eigenvalue weighted by atomic mass is 15.0. The monoisotopic (exact) mass is 211 g/mol. The molecule has 1 spiro atoms. The lowest BCUT2D eigenvalue weighted by molar-refractivity contribution is 0.141. The van der Waals surface area contributed by atoms with Crippen molar-refractivity contribution >= 4 is 0 Å². The van der Waals surface area contributed by atoms with E-state index in [1.54, 1.807) is 0 Å². The summed E-state index contributed by atoms with van der Waals surface area (Å²) >= 11 is 0. The lowest BCUT2D eigenvalue weighted by Crippen LogP contribution is -2.51. The quantitative estimate of drug-likeness (QED) is 0.688. The van der Waals surface area contributed by atoms with Crippen molar-refractivity contribution in [3.63, 3.8) is 0 Å². The Balaban J connectivity index is 0.000000531. The third kappa shape index (κ3) is 3.48. The third-order valence-corrected chi connectivity index (χ3v) is 4.11. The Labute approximate surface area is 96.0 Å². The molecule has 2 atom stereocenters. The molecule has 0 aromatic heterocycles. The first kappa shape index (κ1) is 13.0. The summed E-state index contributed by atoms with van der Waals surface area (Å²) in [5.74, 6) is 1.01. The molecule has 1 saturated carbocycles. The molecule has 15 heavy (non-hydrogen) atoms. The summed E-state index contributed by atoms with van der Waals surface area (Å²) in [6.45, 7) is 7.63. The molecule has 1 aliphatic heterocycles. The minimum atomic E-state index is 0.581. The average Bonchev–Trinajstić information content (AvgIpc) is 2.33. The first-order chi connectivity index (χ1) is 7.35. The summed E-state index contributed by atoms with van der Waals surface area (Å²) in [5.41, 5.74) is 0.581. The van der Waals surface area contributed by atoms with Gasteiger partial charge < -0.3 is 5.32 Å². The van der Waals surface area contributed by atoms with Crippen LogP contribution < -0.4 is 5.32 Å². The largest absolute Gasteiger partial charge is 0.311 e. The number of piperidine rings is 1. The molecule has 0 aromatic carbocycles. The fourth-order valence-electron chi connectivity index (χ4n) is 3.25. The normalized spacial score (nSPS) is 35.8. The topological polar surface area (TPSA) is 12.0 Å². The summed E-state index contributed by atoms with van der Waals surface area (Å²) in [6.07, 6.45) is 11.6. The zero-order valence-electron chi connectivity index (χ0n) is 10.9. The van der Waals surface area contributed by atoms with Crippen LogP contribution >= 0.6 is 0 Å². The molecule has 2 aliphatic rings. The molecule has 2 fully saturated rings. The van der Waals surface area contributed by atoms with E-state index in [0.29, 0.717) is 5.54 Å². The summed E-state index contributed by atoms with van der Waals surface area (Å²) in [7, 11) is 0. The minimum absolute atomic E-state index is 0.581. The van der Waals surface area contributed by atoms with Gasteiger partial charge in [-0.05, 0) is 38.1 Å². The highest BCUT2D eigenvalue weighted by Gasteiger charge is 2.36. The first-order valence-corrected chi connectivity index (χ1v) is 7.10. The molecule has 0 aromatic rings. The maximum absolute atomic E-state index is 3.80. The second-order valence-corrected chi connectivity index (χ2v) is 5.03. The van der Waals surface area contributed by atoms with E-state index < -0.39 is 0 Å². The van der Waals surface area contributed by atoms with Crippen LogP contribution in [0.3, 0.4) is 0 Å². The van der Waals surface area contributed by atoms with E-state index in [9.17, 15) is 0 Å². The Morgan fingerprint density at radius 2 is 1.87 bits per heavy atom. The van der Waals surface area contributed by atoms with E-state index in [1.807, 2.05) is 13.8 Å². The molecule has 1 nitrogen and oxygen atoms in total. The van der Waals surface area contributed by atoms with E-state index in [2.05, 4.69) is 12.2 Å². The minimum Gasteiger partial charge on any atom is -0.311 e. The van der Waals surface area contributed by atoms with Crippen molar-refractivity contribution in [2.24, 2.45) is 5.92 Å². The van der Waals surface area contributed by atoms with Gasteiger partial charge in [0.15, 0.2) is 0 Å². The molecule has 1 saturated heterocycles. The second kappa shape index (κ2) is 6.52. The van der Waals surface area contributed by atoms with Gasteiger partial charge in [0.25, 0.3) is 0 Å². The smallest absolute Gasteiger partial charge is 0.0184 e. The van der Waals surface area contributed by atoms with E-state index in [0.717, 1.165) is 5.92 Å². The lowest BCUT2D eigenvalue weighted by Gasteiger charge is -2.44. The third-order valence-electron chi connectivity index (χ3n) is 4.11. The van der Waals surface area contributed by atoms with Gasteiger partial charge in [-0.2, -0.15) is 0 Å². The Kier molecular flexibility index (Phi) is 5.66. The van der Waals surface area contributed by atoms with Gasteiger partial charge in [0.05, 0.1) is 0 Å². The van der Waals surface area contributed by atoms with Crippen molar-refractivity contribution in [2.75, 3.05) is 6.54 Å². The summed E-state index contributed by atoms with van der Waals surface area (Å²) in [6, 6.07) is 0. The second-order valence-electron chi connectivity index (χ2n) is 5.03. The highest BCUT2D eigenvalue weighted by Crippen LogP contribution is 2.38. The summed E-state index contributed by atoms with van der Waals surface area (Å²) in [5, 5.41) is 3.80. The standard InChI is InChI=1S/C12H23N.C2H6/c1-2-11-6-5-8-12(10-11)7-3-4-9-13-12;1-2/h11,13H,2-10H2,1H3;1-2H3. The van der Waals surface area contributed by atoms with Gasteiger partial charge in [0, 0.05) is 5.54 Å². The van der Waals surface area contributed by atoms with Gasteiger partial charge in [0.1, 0.15) is 0 Å². The van der Waals surface area contributed by atoms with E-state index in [4.69, 9.17) is 0 Å². The van der Waals surface area contributed by atoms with Gasteiger partial charge in [-0.1, -0.05) is 46.5 Å². The molecular formula is C14H29N. The fraction of sp³-hybridized carbons (Fsp3) is 1.00. The van der Waals surface area contributed by atoms with Gasteiger partial charge in [0.2, 0.25) is 0 Å². The molecule has 2 rings (SSSR count). The van der Waals surface area contributed by atoms with Gasteiger partial charge >= 0.3 is 0 Å². The summed E-state index contributed by atoms with van der Waals surface area (Å²) < 4.78 is 0. The molecule has 2 unspecified atom stereocenters. The predicted octanol–water partition coefficient (Wildman–Crippen LogP) is 4.13. The number of hydrogen-bond donors (Lipinski definition) is 1. The van der Waals surface area contributed by atoms with E-state index >= 15 is 0 Å². The van der Waals surface area contributed by atoms with Crippen molar-refractivity contribution in [3.05, 3.63) is 0 Å². The Morgan fingerprint density at radius 3 is 2.47 bits per heavy atom. The Hall–Kier alpha value is -0.0400. The van der Waals surface area contributed by atoms with Crippen LogP contribution in [0.4, 0.5) is 0 Å². The van der Waals surface area contributed by atoms with Crippen LogP contribution in [0.5, 0.6) is 0 Å². The molecule has 1 aliphatic carbocycles. The van der Waals surface area contributed by atoms with Crippen LogP contribution in [0.1, 0.15) is 72.1 Å². The maximum Gasteiger partial charge on any atom is 0.0184 e. The van der Waals surface area contributed by atoms with E-state index in [-0.39, 0.29) is 0 Å². The SMILES string of the molecule is CC.CCC1CCCC2(CCCCN2)C1.